The van der Waals surface area contributed by atoms with Gasteiger partial charge in [-0.1, -0.05) is 44.1 Å². The average Bonchev–Trinajstić information content (AvgIpc) is 3.48. The fourth-order valence-electron chi connectivity index (χ4n) is 3.61. The number of amides is 1. The van der Waals surface area contributed by atoms with E-state index in [4.69, 9.17) is 4.52 Å². The molecule has 0 aliphatic heterocycles. The van der Waals surface area contributed by atoms with E-state index in [0.717, 1.165) is 11.2 Å². The molecule has 4 heterocycles. The Morgan fingerprint density at radius 2 is 1.86 bits per heavy atom. The highest BCUT2D eigenvalue weighted by Gasteiger charge is 2.20. The maximum Gasteiger partial charge on any atom is 0.230 e. The summed E-state index contributed by atoms with van der Waals surface area (Å²) in [6, 6.07) is 12.1. The minimum Gasteiger partial charge on any atom is -0.359 e. The van der Waals surface area contributed by atoms with Crippen molar-refractivity contribution in [1.29, 1.82) is 0 Å². The second-order valence-corrected chi connectivity index (χ2v) is 9.37. The fraction of sp³-hybridized carbons (Fsp3) is 0.192. The predicted octanol–water partition coefficient (Wildman–Crippen LogP) is 5.14. The number of nitrogens with one attached hydrogen (secondary N) is 2. The van der Waals surface area contributed by atoms with Crippen LogP contribution in [0.1, 0.15) is 32.1 Å². The third-order valence-electron chi connectivity index (χ3n) is 5.58. The van der Waals surface area contributed by atoms with Gasteiger partial charge in [0.15, 0.2) is 5.82 Å². The van der Waals surface area contributed by atoms with Gasteiger partial charge in [0.25, 0.3) is 0 Å². The molecule has 0 spiro atoms. The van der Waals surface area contributed by atoms with Gasteiger partial charge in [0.2, 0.25) is 11.9 Å². The molecule has 182 valence electrons. The molecular weight excluding hydrogens is 461 g/mol. The molecule has 9 nitrogen and oxygen atoms in total. The van der Waals surface area contributed by atoms with E-state index in [1.54, 1.807) is 41.3 Å². The van der Waals surface area contributed by atoms with Gasteiger partial charge in [-0.3, -0.25) is 4.79 Å². The Labute approximate surface area is 206 Å². The van der Waals surface area contributed by atoms with Crippen LogP contribution in [0.25, 0.3) is 16.6 Å². The zero-order chi connectivity index (χ0) is 25.3. The third-order valence-corrected chi connectivity index (χ3v) is 5.58. The topological polar surface area (TPSA) is 110 Å². The number of nitrogens with zero attached hydrogens (tertiary/aromatic N) is 5. The molecule has 5 aromatic rings. The van der Waals surface area contributed by atoms with Gasteiger partial charge in [-0.25, -0.2) is 18.9 Å². The lowest BCUT2D eigenvalue weighted by Crippen LogP contribution is -2.15. The molecule has 4 aromatic heterocycles. The Hall–Kier alpha value is -4.60. The van der Waals surface area contributed by atoms with Crippen molar-refractivity contribution in [1.82, 2.24) is 24.7 Å². The van der Waals surface area contributed by atoms with E-state index in [2.05, 4.69) is 30.9 Å². The number of rotatable bonds is 6. The van der Waals surface area contributed by atoms with Crippen LogP contribution >= 0.6 is 0 Å². The average molecular weight is 486 g/mol. The Kier molecular flexibility index (Phi) is 5.93. The van der Waals surface area contributed by atoms with Crippen LogP contribution in [-0.4, -0.2) is 30.6 Å². The van der Waals surface area contributed by atoms with Crippen LogP contribution < -0.4 is 10.6 Å². The smallest absolute Gasteiger partial charge is 0.230 e. The summed E-state index contributed by atoms with van der Waals surface area (Å²) in [6.07, 6.45) is 6.63. The van der Waals surface area contributed by atoms with E-state index < -0.39 is 5.82 Å². The lowest BCUT2D eigenvalue weighted by molar-refractivity contribution is -0.115. The first-order chi connectivity index (χ1) is 17.3. The molecule has 0 saturated carbocycles. The molecule has 10 heteroatoms. The van der Waals surface area contributed by atoms with Gasteiger partial charge >= 0.3 is 0 Å². The van der Waals surface area contributed by atoms with Crippen LogP contribution in [-0.2, 0) is 16.6 Å². The molecule has 0 radical (unpaired) electrons. The van der Waals surface area contributed by atoms with Crippen molar-refractivity contribution < 1.29 is 13.7 Å². The fourth-order valence-corrected chi connectivity index (χ4v) is 3.61. The summed E-state index contributed by atoms with van der Waals surface area (Å²) in [5.41, 5.74) is 2.95. The number of benzene rings is 1. The van der Waals surface area contributed by atoms with Crippen molar-refractivity contribution in [2.45, 2.75) is 32.6 Å². The van der Waals surface area contributed by atoms with Crippen molar-refractivity contribution in [3.63, 3.8) is 0 Å². The molecule has 0 bridgehead atoms. The highest BCUT2D eigenvalue weighted by Crippen LogP contribution is 2.26. The van der Waals surface area contributed by atoms with Crippen molar-refractivity contribution in [2.24, 2.45) is 0 Å². The van der Waals surface area contributed by atoms with E-state index >= 15 is 0 Å². The second-order valence-electron chi connectivity index (χ2n) is 9.37. The van der Waals surface area contributed by atoms with Crippen LogP contribution in [0.5, 0.6) is 0 Å². The Morgan fingerprint density at radius 1 is 1.06 bits per heavy atom. The minimum atomic E-state index is -0.494. The van der Waals surface area contributed by atoms with Gasteiger partial charge in [-0.15, -0.1) is 0 Å². The first kappa shape index (κ1) is 23.2. The number of pyridine rings is 1. The zero-order valence-corrected chi connectivity index (χ0v) is 20.0. The summed E-state index contributed by atoms with van der Waals surface area (Å²) in [6.45, 7) is 5.94. The first-order valence-corrected chi connectivity index (χ1v) is 11.3. The summed E-state index contributed by atoms with van der Waals surface area (Å²) < 4.78 is 21.8. The van der Waals surface area contributed by atoms with Crippen molar-refractivity contribution in [3.05, 3.63) is 84.4 Å². The number of carbonyl (C=O) groups is 1. The molecule has 0 atom stereocenters. The summed E-state index contributed by atoms with van der Waals surface area (Å²) in [7, 11) is 0. The number of hydrogen-bond acceptors (Lipinski definition) is 7. The zero-order valence-electron chi connectivity index (χ0n) is 20.0. The van der Waals surface area contributed by atoms with Crippen LogP contribution in [0.4, 0.5) is 21.8 Å². The number of aromatic nitrogens is 5. The highest BCUT2D eigenvalue weighted by molar-refractivity contribution is 5.91. The standard InChI is InChI=1S/C26H24FN7O2/c1-26(2,3)22-12-23(33-36-22)32-24(35)11-17-8-7-16(10-19(17)27)18-13-28-25(29-14-18)31-20-15-30-34-9-5-4-6-21(20)34/h4-10,12-15H,11H2,1-3H3,(H,28,29,31)(H,32,33,35). The number of hydrogen-bond donors (Lipinski definition) is 2. The maximum absolute atomic E-state index is 14.8. The van der Waals surface area contributed by atoms with Gasteiger partial charge in [0.05, 0.1) is 23.8 Å². The summed E-state index contributed by atoms with van der Waals surface area (Å²) in [4.78, 5) is 21.1. The Bertz CT molecular complexity index is 1530. The summed E-state index contributed by atoms with van der Waals surface area (Å²) in [5.74, 6) is 0.467. The normalized spacial score (nSPS) is 11.6. The first-order valence-electron chi connectivity index (χ1n) is 11.3. The highest BCUT2D eigenvalue weighted by atomic mass is 19.1. The van der Waals surface area contributed by atoms with Crippen molar-refractivity contribution in [3.8, 4) is 11.1 Å². The van der Waals surface area contributed by atoms with Crippen molar-refractivity contribution >= 4 is 28.9 Å². The van der Waals surface area contributed by atoms with Gasteiger partial charge < -0.3 is 15.2 Å². The second kappa shape index (κ2) is 9.21. The van der Waals surface area contributed by atoms with Crippen LogP contribution in [0.2, 0.25) is 0 Å². The van der Waals surface area contributed by atoms with Gasteiger partial charge in [0, 0.05) is 35.6 Å². The van der Waals surface area contributed by atoms with Gasteiger partial charge in [0.1, 0.15) is 11.6 Å². The number of anilines is 3. The molecule has 0 fully saturated rings. The van der Waals surface area contributed by atoms with Crippen LogP contribution in [0.3, 0.4) is 0 Å². The monoisotopic (exact) mass is 485 g/mol. The van der Waals surface area contributed by atoms with Gasteiger partial charge in [-0.05, 0) is 29.3 Å². The quantitative estimate of drug-likeness (QED) is 0.343. The molecule has 1 aromatic carbocycles. The molecule has 5 rings (SSSR count). The van der Waals surface area contributed by atoms with Crippen molar-refractivity contribution in [2.75, 3.05) is 10.6 Å². The molecule has 36 heavy (non-hydrogen) atoms. The van der Waals surface area contributed by atoms with Crippen LogP contribution in [0.15, 0.2) is 71.8 Å². The Balaban J connectivity index is 1.24. The van der Waals surface area contributed by atoms with E-state index in [-0.39, 0.29) is 23.3 Å². The SMILES string of the molecule is CC(C)(C)c1cc(NC(=O)Cc2ccc(-c3cnc(Nc4cnn5ccccc45)nc3)cc2F)no1. The molecule has 0 unspecified atom stereocenters. The van der Waals surface area contributed by atoms with Crippen LogP contribution in [0, 0.1) is 5.82 Å². The van der Waals surface area contributed by atoms with E-state index in [1.807, 2.05) is 45.2 Å². The lowest BCUT2D eigenvalue weighted by atomic mass is 9.93. The third kappa shape index (κ3) is 4.92. The van der Waals surface area contributed by atoms with E-state index in [9.17, 15) is 9.18 Å². The molecule has 0 aliphatic rings. The predicted molar refractivity (Wildman–Crippen MR) is 133 cm³/mol. The van der Waals surface area contributed by atoms with E-state index in [1.165, 1.54) is 6.07 Å². The number of carbonyl (C=O) groups excluding carboxylic acids is 1. The minimum absolute atomic E-state index is 0.136. The molecular formula is C26H24FN7O2. The molecule has 0 aliphatic carbocycles. The number of halogens is 1. The Morgan fingerprint density at radius 3 is 2.58 bits per heavy atom. The summed E-state index contributed by atoms with van der Waals surface area (Å²) in [5, 5.41) is 13.9. The maximum atomic E-state index is 14.8. The molecule has 0 saturated heterocycles. The van der Waals surface area contributed by atoms with E-state index in [0.29, 0.717) is 28.7 Å². The number of fused-ring (bicyclic) bond motifs is 1. The summed E-state index contributed by atoms with van der Waals surface area (Å²) >= 11 is 0. The largest absolute Gasteiger partial charge is 0.359 e. The van der Waals surface area contributed by atoms with Gasteiger partial charge in [-0.2, -0.15) is 5.10 Å². The lowest BCUT2D eigenvalue weighted by Gasteiger charge is -2.12. The molecule has 1 amide bonds. The molecule has 2 N–H and O–H groups in total.